The number of para-hydroxylation sites is 4. The predicted molar refractivity (Wildman–Crippen MR) is 249 cm³/mol. The van der Waals surface area contributed by atoms with Gasteiger partial charge in [-0.05, 0) is 130 Å². The van der Waals surface area contributed by atoms with Crippen molar-refractivity contribution in [3.05, 3.63) is 205 Å². The SMILES string of the molecule is CC1(C)CCC(C)(C)c2cc(N(c3ccc(-c4ccc(N(c5ccccc5)c5ccccc5)cc4)cc3)c3ccc(-c4cccc5c4oc4ccccc45)cc3)ccc21. The summed E-state index contributed by atoms with van der Waals surface area (Å²) in [5, 5.41) is 2.29. The summed E-state index contributed by atoms with van der Waals surface area (Å²) in [4.78, 5) is 4.71. The fourth-order valence-electron chi connectivity index (χ4n) is 9.13. The van der Waals surface area contributed by atoms with Crippen LogP contribution in [0.2, 0.25) is 0 Å². The first-order valence-corrected chi connectivity index (χ1v) is 20.8. The van der Waals surface area contributed by atoms with Crippen LogP contribution in [0.3, 0.4) is 0 Å². The first-order valence-electron chi connectivity index (χ1n) is 20.8. The van der Waals surface area contributed by atoms with Gasteiger partial charge in [0.1, 0.15) is 11.2 Å². The Morgan fingerprint density at radius 1 is 0.373 bits per heavy atom. The van der Waals surface area contributed by atoms with Gasteiger partial charge in [-0.1, -0.05) is 143 Å². The molecule has 0 spiro atoms. The quantitative estimate of drug-likeness (QED) is 0.154. The van der Waals surface area contributed by atoms with E-state index >= 15 is 0 Å². The van der Waals surface area contributed by atoms with E-state index in [1.165, 1.54) is 40.8 Å². The molecule has 0 fully saturated rings. The van der Waals surface area contributed by atoms with Crippen molar-refractivity contribution in [3.63, 3.8) is 0 Å². The van der Waals surface area contributed by atoms with E-state index in [2.05, 4.69) is 219 Å². The van der Waals surface area contributed by atoms with Crippen molar-refractivity contribution < 1.29 is 4.42 Å². The molecule has 0 bridgehead atoms. The lowest BCUT2D eigenvalue weighted by Gasteiger charge is -2.42. The van der Waals surface area contributed by atoms with Crippen molar-refractivity contribution in [2.45, 2.75) is 51.4 Å². The fourth-order valence-corrected chi connectivity index (χ4v) is 9.13. The topological polar surface area (TPSA) is 19.6 Å². The van der Waals surface area contributed by atoms with E-state index in [1.807, 2.05) is 12.1 Å². The standard InChI is InChI=1S/C56H48N2O/c1-55(2)36-37-56(3,4)52-38-47(34-35-51(52)55)58(46-32-26-41(27-33-46)48-19-13-20-50-49-18-11-12-21-53(49)59-54(48)50)45-30-24-40(25-31-45)39-22-28-44(29-23-39)57(42-14-7-5-8-15-42)43-16-9-6-10-17-43/h5-35,38H,36-37H2,1-4H3. The number of benzene rings is 8. The Balaban J connectivity index is 1.02. The first kappa shape index (κ1) is 36.5. The fraction of sp³-hybridized carbons (Fsp3) is 0.143. The number of hydrogen-bond donors (Lipinski definition) is 0. The molecule has 3 nitrogen and oxygen atoms in total. The molecule has 0 N–H and O–H groups in total. The van der Waals surface area contributed by atoms with Crippen LogP contribution in [0.4, 0.5) is 34.1 Å². The second kappa shape index (κ2) is 14.5. The number of anilines is 6. The van der Waals surface area contributed by atoms with Gasteiger partial charge in [0.2, 0.25) is 0 Å². The minimum atomic E-state index is 0.0915. The summed E-state index contributed by atoms with van der Waals surface area (Å²) < 4.78 is 6.44. The lowest BCUT2D eigenvalue weighted by atomic mass is 9.63. The number of fused-ring (bicyclic) bond motifs is 4. The van der Waals surface area contributed by atoms with Crippen LogP contribution in [0.25, 0.3) is 44.2 Å². The van der Waals surface area contributed by atoms with Crippen LogP contribution in [-0.2, 0) is 10.8 Å². The average molecular weight is 765 g/mol. The molecule has 1 aliphatic rings. The Hall–Kier alpha value is -6.84. The third-order valence-corrected chi connectivity index (χ3v) is 12.5. The van der Waals surface area contributed by atoms with Crippen LogP contribution in [-0.4, -0.2) is 0 Å². The summed E-state index contributed by atoms with van der Waals surface area (Å²) in [6.07, 6.45) is 2.36. The van der Waals surface area contributed by atoms with E-state index in [0.717, 1.165) is 61.5 Å². The van der Waals surface area contributed by atoms with E-state index in [1.54, 1.807) is 0 Å². The lowest BCUT2D eigenvalue weighted by molar-refractivity contribution is 0.332. The van der Waals surface area contributed by atoms with Gasteiger partial charge < -0.3 is 14.2 Å². The average Bonchev–Trinajstić information content (AvgIpc) is 3.66. The maximum atomic E-state index is 6.44. The van der Waals surface area contributed by atoms with Crippen LogP contribution in [0.15, 0.2) is 199 Å². The molecule has 1 heterocycles. The number of nitrogens with zero attached hydrogens (tertiary/aromatic N) is 2. The monoisotopic (exact) mass is 764 g/mol. The van der Waals surface area contributed by atoms with Crippen molar-refractivity contribution >= 4 is 56.1 Å². The van der Waals surface area contributed by atoms with Gasteiger partial charge in [0.05, 0.1) is 0 Å². The Kier molecular flexibility index (Phi) is 8.98. The third kappa shape index (κ3) is 6.67. The molecule has 0 atom stereocenters. The van der Waals surface area contributed by atoms with E-state index < -0.39 is 0 Å². The molecule has 3 heteroatoms. The van der Waals surface area contributed by atoms with Gasteiger partial charge >= 0.3 is 0 Å². The largest absolute Gasteiger partial charge is 0.455 e. The first-order chi connectivity index (χ1) is 28.7. The molecule has 0 radical (unpaired) electrons. The summed E-state index contributed by atoms with van der Waals surface area (Å²) in [5.41, 5.74) is 16.3. The Morgan fingerprint density at radius 3 is 1.39 bits per heavy atom. The van der Waals surface area contributed by atoms with Crippen LogP contribution in [0.1, 0.15) is 51.7 Å². The molecule has 0 aliphatic heterocycles. The van der Waals surface area contributed by atoms with Crippen molar-refractivity contribution in [2.75, 3.05) is 9.80 Å². The third-order valence-electron chi connectivity index (χ3n) is 12.5. The highest BCUT2D eigenvalue weighted by Gasteiger charge is 2.37. The minimum Gasteiger partial charge on any atom is -0.455 e. The summed E-state index contributed by atoms with van der Waals surface area (Å²) in [6, 6.07) is 70.0. The molecule has 0 saturated carbocycles. The summed E-state index contributed by atoms with van der Waals surface area (Å²) in [7, 11) is 0. The zero-order valence-electron chi connectivity index (χ0n) is 34.2. The van der Waals surface area contributed by atoms with E-state index in [9.17, 15) is 0 Å². The molecular weight excluding hydrogens is 717 g/mol. The summed E-state index contributed by atoms with van der Waals surface area (Å²) in [5.74, 6) is 0. The van der Waals surface area contributed by atoms with Gasteiger partial charge in [0, 0.05) is 50.5 Å². The van der Waals surface area contributed by atoms with Crippen molar-refractivity contribution in [1.29, 1.82) is 0 Å². The van der Waals surface area contributed by atoms with Gasteiger partial charge in [-0.15, -0.1) is 0 Å². The molecule has 59 heavy (non-hydrogen) atoms. The van der Waals surface area contributed by atoms with Crippen LogP contribution in [0, 0.1) is 0 Å². The normalized spacial score (nSPS) is 14.2. The Morgan fingerprint density at radius 2 is 0.814 bits per heavy atom. The molecule has 8 aromatic carbocycles. The van der Waals surface area contributed by atoms with E-state index in [-0.39, 0.29) is 10.8 Å². The molecule has 1 aromatic heterocycles. The Bertz CT molecular complexity index is 2870. The molecule has 0 amide bonds. The van der Waals surface area contributed by atoms with Gasteiger partial charge in [-0.3, -0.25) is 0 Å². The number of rotatable bonds is 8. The molecule has 0 unspecified atom stereocenters. The maximum absolute atomic E-state index is 6.44. The zero-order chi connectivity index (χ0) is 40.1. The van der Waals surface area contributed by atoms with Crippen LogP contribution < -0.4 is 9.80 Å². The predicted octanol–water partition coefficient (Wildman–Crippen LogP) is 16.2. The second-order valence-electron chi connectivity index (χ2n) is 17.3. The maximum Gasteiger partial charge on any atom is 0.143 e. The van der Waals surface area contributed by atoms with Gasteiger partial charge in [-0.25, -0.2) is 0 Å². The van der Waals surface area contributed by atoms with Gasteiger partial charge in [0.25, 0.3) is 0 Å². The molecular formula is C56H48N2O. The lowest BCUT2D eigenvalue weighted by Crippen LogP contribution is -2.34. The highest BCUT2D eigenvalue weighted by Crippen LogP contribution is 2.48. The van der Waals surface area contributed by atoms with Crippen LogP contribution in [0.5, 0.6) is 0 Å². The second-order valence-corrected chi connectivity index (χ2v) is 17.3. The van der Waals surface area contributed by atoms with Crippen molar-refractivity contribution in [3.8, 4) is 22.3 Å². The van der Waals surface area contributed by atoms with Crippen molar-refractivity contribution in [1.82, 2.24) is 0 Å². The molecule has 288 valence electrons. The van der Waals surface area contributed by atoms with E-state index in [0.29, 0.717) is 0 Å². The summed E-state index contributed by atoms with van der Waals surface area (Å²) >= 11 is 0. The van der Waals surface area contributed by atoms with Gasteiger partial charge in [0.15, 0.2) is 0 Å². The smallest absolute Gasteiger partial charge is 0.143 e. The Labute approximate surface area is 347 Å². The van der Waals surface area contributed by atoms with Crippen molar-refractivity contribution in [2.24, 2.45) is 0 Å². The highest BCUT2D eigenvalue weighted by atomic mass is 16.3. The summed E-state index contributed by atoms with van der Waals surface area (Å²) in [6.45, 7) is 9.60. The van der Waals surface area contributed by atoms with E-state index in [4.69, 9.17) is 4.42 Å². The molecule has 0 saturated heterocycles. The molecule has 1 aliphatic carbocycles. The molecule has 9 aromatic rings. The number of hydrogen-bond acceptors (Lipinski definition) is 3. The molecule has 10 rings (SSSR count). The minimum absolute atomic E-state index is 0.0915. The zero-order valence-corrected chi connectivity index (χ0v) is 34.2. The highest BCUT2D eigenvalue weighted by molar-refractivity contribution is 6.09. The number of furan rings is 1. The van der Waals surface area contributed by atoms with Gasteiger partial charge in [-0.2, -0.15) is 0 Å². The van der Waals surface area contributed by atoms with Crippen LogP contribution >= 0.6 is 0 Å².